The minimum absolute atomic E-state index is 0.0363. The molecule has 0 aliphatic rings. The average molecular weight is 248 g/mol. The molecule has 0 amide bonds. The van der Waals surface area contributed by atoms with Gasteiger partial charge >= 0.3 is 0 Å². The van der Waals surface area contributed by atoms with Gasteiger partial charge in [0.25, 0.3) is 0 Å². The topological polar surface area (TPSA) is 78.8 Å². The van der Waals surface area contributed by atoms with Gasteiger partial charge in [-0.05, 0) is 12.1 Å². The van der Waals surface area contributed by atoms with Crippen molar-refractivity contribution in [3.8, 4) is 0 Å². The molecular weight excluding hydrogens is 238 g/mol. The maximum atomic E-state index is 13.4. The first kappa shape index (κ1) is 12.7. The standard InChI is InChI=1S/C9H10F2N2O2S/c10-6-3-5(9(12)13-15)4-7(11)8(6)16-2-1-14/h3-4,14-15H,1-2H2,(H2,12,13). The van der Waals surface area contributed by atoms with E-state index < -0.39 is 11.6 Å². The van der Waals surface area contributed by atoms with Crippen LogP contribution in [-0.4, -0.2) is 28.5 Å². The number of amidine groups is 1. The number of aliphatic hydroxyl groups excluding tert-OH is 1. The summed E-state index contributed by atoms with van der Waals surface area (Å²) in [6.45, 7) is -0.175. The number of nitrogens with zero attached hydrogens (tertiary/aromatic N) is 1. The summed E-state index contributed by atoms with van der Waals surface area (Å²) in [5.74, 6) is -1.78. The zero-order valence-electron chi connectivity index (χ0n) is 8.15. The van der Waals surface area contributed by atoms with Gasteiger partial charge in [0.15, 0.2) is 5.84 Å². The number of halogens is 2. The summed E-state index contributed by atoms with van der Waals surface area (Å²) in [5, 5.41) is 19.6. The lowest BCUT2D eigenvalue weighted by Crippen LogP contribution is -2.14. The monoisotopic (exact) mass is 248 g/mol. The van der Waals surface area contributed by atoms with Crippen LogP contribution >= 0.6 is 11.8 Å². The van der Waals surface area contributed by atoms with Crippen LogP contribution in [0.3, 0.4) is 0 Å². The lowest BCUT2D eigenvalue weighted by atomic mass is 10.2. The number of hydrogen-bond donors (Lipinski definition) is 3. The van der Waals surface area contributed by atoms with E-state index in [1.807, 2.05) is 0 Å². The molecule has 1 aromatic carbocycles. The summed E-state index contributed by atoms with van der Waals surface area (Å²) < 4.78 is 26.8. The first-order valence-electron chi connectivity index (χ1n) is 4.30. The molecule has 4 nitrogen and oxygen atoms in total. The summed E-state index contributed by atoms with van der Waals surface area (Å²) in [7, 11) is 0. The van der Waals surface area contributed by atoms with E-state index >= 15 is 0 Å². The van der Waals surface area contributed by atoms with Crippen molar-refractivity contribution >= 4 is 17.6 Å². The van der Waals surface area contributed by atoms with Crippen molar-refractivity contribution in [3.63, 3.8) is 0 Å². The van der Waals surface area contributed by atoms with Gasteiger partial charge in [-0.15, -0.1) is 11.8 Å². The van der Waals surface area contributed by atoms with Gasteiger partial charge in [-0.3, -0.25) is 0 Å². The first-order valence-corrected chi connectivity index (χ1v) is 5.29. The van der Waals surface area contributed by atoms with Crippen LogP contribution in [0.15, 0.2) is 22.2 Å². The van der Waals surface area contributed by atoms with Crippen LogP contribution in [0.2, 0.25) is 0 Å². The third-order valence-electron chi connectivity index (χ3n) is 1.74. The molecule has 0 heterocycles. The van der Waals surface area contributed by atoms with Crippen molar-refractivity contribution in [2.24, 2.45) is 10.9 Å². The van der Waals surface area contributed by atoms with Gasteiger partial charge in [-0.2, -0.15) is 0 Å². The molecule has 0 bridgehead atoms. The van der Waals surface area contributed by atoms with Crippen LogP contribution in [0.4, 0.5) is 8.78 Å². The Labute approximate surface area is 94.8 Å². The van der Waals surface area contributed by atoms with E-state index in [-0.39, 0.29) is 28.7 Å². The van der Waals surface area contributed by atoms with Crippen molar-refractivity contribution in [1.82, 2.24) is 0 Å². The van der Waals surface area contributed by atoms with E-state index in [4.69, 9.17) is 16.0 Å². The Hall–Kier alpha value is -1.34. The van der Waals surface area contributed by atoms with Crippen molar-refractivity contribution in [2.75, 3.05) is 12.4 Å². The summed E-state index contributed by atoms with van der Waals surface area (Å²) in [5.41, 5.74) is 5.17. The van der Waals surface area contributed by atoms with Crippen LogP contribution in [0, 0.1) is 11.6 Å². The Morgan fingerprint density at radius 1 is 1.38 bits per heavy atom. The molecule has 0 radical (unpaired) electrons. The Kier molecular flexibility index (Phi) is 4.51. The number of rotatable bonds is 4. The van der Waals surface area contributed by atoms with Gasteiger partial charge in [0, 0.05) is 11.3 Å². The van der Waals surface area contributed by atoms with Crippen LogP contribution < -0.4 is 5.73 Å². The summed E-state index contributed by atoms with van der Waals surface area (Å²) >= 11 is 0.858. The first-order chi connectivity index (χ1) is 7.60. The molecule has 0 saturated carbocycles. The van der Waals surface area contributed by atoms with Crippen LogP contribution in [0.1, 0.15) is 5.56 Å². The van der Waals surface area contributed by atoms with E-state index in [1.54, 1.807) is 0 Å². The van der Waals surface area contributed by atoms with E-state index in [0.717, 1.165) is 23.9 Å². The van der Waals surface area contributed by atoms with Crippen molar-refractivity contribution in [2.45, 2.75) is 4.90 Å². The smallest absolute Gasteiger partial charge is 0.170 e. The van der Waals surface area contributed by atoms with Crippen LogP contribution in [0.5, 0.6) is 0 Å². The van der Waals surface area contributed by atoms with E-state index in [1.165, 1.54) is 0 Å². The third kappa shape index (κ3) is 2.83. The molecule has 0 aliphatic carbocycles. The number of benzene rings is 1. The molecule has 88 valence electrons. The number of aliphatic hydroxyl groups is 1. The number of oxime groups is 1. The molecule has 7 heteroatoms. The maximum absolute atomic E-state index is 13.4. The molecule has 0 saturated heterocycles. The Morgan fingerprint density at radius 3 is 2.38 bits per heavy atom. The Morgan fingerprint density at radius 2 is 1.94 bits per heavy atom. The normalized spacial score (nSPS) is 11.8. The zero-order chi connectivity index (χ0) is 12.1. The van der Waals surface area contributed by atoms with Gasteiger partial charge in [-0.1, -0.05) is 5.16 Å². The minimum atomic E-state index is -0.806. The highest BCUT2D eigenvalue weighted by Gasteiger charge is 2.13. The fourth-order valence-electron chi connectivity index (χ4n) is 1.05. The molecule has 0 spiro atoms. The summed E-state index contributed by atoms with van der Waals surface area (Å²) in [6.07, 6.45) is 0. The second kappa shape index (κ2) is 5.66. The van der Waals surface area contributed by atoms with Crippen LogP contribution in [-0.2, 0) is 0 Å². The molecule has 1 aromatic rings. The molecule has 16 heavy (non-hydrogen) atoms. The van der Waals surface area contributed by atoms with Gasteiger partial charge < -0.3 is 16.0 Å². The molecule has 4 N–H and O–H groups in total. The highest BCUT2D eigenvalue weighted by molar-refractivity contribution is 7.99. The Balaban J connectivity index is 3.07. The highest BCUT2D eigenvalue weighted by Crippen LogP contribution is 2.26. The quantitative estimate of drug-likeness (QED) is 0.245. The van der Waals surface area contributed by atoms with Gasteiger partial charge in [0.1, 0.15) is 11.6 Å². The SMILES string of the molecule is N/C(=N/O)c1cc(F)c(SCCO)c(F)c1. The molecule has 1 rings (SSSR count). The van der Waals surface area contributed by atoms with Crippen molar-refractivity contribution in [1.29, 1.82) is 0 Å². The highest BCUT2D eigenvalue weighted by atomic mass is 32.2. The molecule has 0 aliphatic heterocycles. The molecule has 0 unspecified atom stereocenters. The minimum Gasteiger partial charge on any atom is -0.409 e. The average Bonchev–Trinajstić information content (AvgIpc) is 2.26. The second-order valence-corrected chi connectivity index (χ2v) is 3.93. The predicted molar refractivity (Wildman–Crippen MR) is 56.7 cm³/mol. The number of thioether (sulfide) groups is 1. The predicted octanol–water partition coefficient (Wildman–Crippen LogP) is 1.14. The molecular formula is C9H10F2N2O2S. The summed E-state index contributed by atoms with van der Waals surface area (Å²) in [6, 6.07) is 1.94. The summed E-state index contributed by atoms with van der Waals surface area (Å²) in [4.78, 5) is -0.191. The second-order valence-electron chi connectivity index (χ2n) is 2.83. The maximum Gasteiger partial charge on any atom is 0.170 e. The van der Waals surface area contributed by atoms with E-state index in [0.29, 0.717) is 0 Å². The Bertz CT molecular complexity index is 389. The van der Waals surface area contributed by atoms with Crippen molar-refractivity contribution < 1.29 is 19.1 Å². The fraction of sp³-hybridized carbons (Fsp3) is 0.222. The zero-order valence-corrected chi connectivity index (χ0v) is 8.97. The van der Waals surface area contributed by atoms with Crippen LogP contribution in [0.25, 0.3) is 0 Å². The van der Waals surface area contributed by atoms with Gasteiger partial charge in [0.2, 0.25) is 0 Å². The lowest BCUT2D eigenvalue weighted by molar-refractivity contribution is 0.318. The molecule has 0 atom stereocenters. The van der Waals surface area contributed by atoms with Crippen molar-refractivity contribution in [3.05, 3.63) is 29.3 Å². The lowest BCUT2D eigenvalue weighted by Gasteiger charge is -2.06. The van der Waals surface area contributed by atoms with Gasteiger partial charge in [-0.25, -0.2) is 8.78 Å². The van der Waals surface area contributed by atoms with Gasteiger partial charge in [0.05, 0.1) is 11.5 Å². The number of hydrogen-bond acceptors (Lipinski definition) is 4. The fourth-order valence-corrected chi connectivity index (χ4v) is 1.74. The number of nitrogens with two attached hydrogens (primary N) is 1. The largest absolute Gasteiger partial charge is 0.409 e. The molecule has 0 fully saturated rings. The van der Waals surface area contributed by atoms with E-state index in [9.17, 15) is 8.78 Å². The van der Waals surface area contributed by atoms with E-state index in [2.05, 4.69) is 5.16 Å². The third-order valence-corrected chi connectivity index (χ3v) is 2.80. The molecule has 0 aromatic heterocycles.